The first-order valence-electron chi connectivity index (χ1n) is 3.42. The molecule has 1 aromatic rings. The number of nitrogens with zero attached hydrogens (tertiary/aromatic N) is 1. The van der Waals surface area contributed by atoms with Crippen LogP contribution in [0.4, 0.5) is 0 Å². The van der Waals surface area contributed by atoms with Crippen molar-refractivity contribution in [3.63, 3.8) is 0 Å². The predicted molar refractivity (Wildman–Crippen MR) is 41.8 cm³/mol. The molecule has 0 spiro atoms. The van der Waals surface area contributed by atoms with Gasteiger partial charge < -0.3 is 5.11 Å². The lowest BCUT2D eigenvalue weighted by Crippen LogP contribution is -1.90. The van der Waals surface area contributed by atoms with Crippen LogP contribution in [0.3, 0.4) is 0 Å². The zero-order chi connectivity index (χ0) is 8.27. The fourth-order valence-electron chi connectivity index (χ4n) is 0.868. The van der Waals surface area contributed by atoms with Gasteiger partial charge in [0.05, 0.1) is 17.7 Å². The van der Waals surface area contributed by atoms with E-state index in [0.29, 0.717) is 5.56 Å². The third-order valence-electron chi connectivity index (χ3n) is 1.50. The molecule has 0 amide bonds. The van der Waals surface area contributed by atoms with Crippen LogP contribution in [0.2, 0.25) is 0 Å². The van der Waals surface area contributed by atoms with Crippen molar-refractivity contribution in [3.8, 4) is 6.07 Å². The van der Waals surface area contributed by atoms with Crippen molar-refractivity contribution in [2.75, 3.05) is 0 Å². The summed E-state index contributed by atoms with van der Waals surface area (Å²) in [4.78, 5) is 0. The first kappa shape index (κ1) is 7.77. The molecule has 1 N–H and O–H groups in total. The third kappa shape index (κ3) is 1.79. The minimum Gasteiger partial charge on any atom is -0.389 e. The zero-order valence-corrected chi connectivity index (χ0v) is 6.28. The first-order valence-corrected chi connectivity index (χ1v) is 3.42. The Morgan fingerprint density at radius 3 is 2.82 bits per heavy atom. The van der Waals surface area contributed by atoms with Crippen molar-refractivity contribution >= 4 is 0 Å². The van der Waals surface area contributed by atoms with Crippen molar-refractivity contribution in [1.29, 1.82) is 5.26 Å². The Balaban J connectivity index is 3.03. The molecule has 0 radical (unpaired) electrons. The number of benzene rings is 1. The fraction of sp³-hybridized carbons (Fsp3) is 0.222. The molecule has 2 heteroatoms. The summed E-state index contributed by atoms with van der Waals surface area (Å²) in [6.45, 7) is 1.68. The molecule has 0 aromatic heterocycles. The first-order chi connectivity index (χ1) is 5.24. The Morgan fingerprint density at radius 1 is 1.55 bits per heavy atom. The Labute approximate surface area is 65.7 Å². The highest BCUT2D eigenvalue weighted by atomic mass is 16.3. The van der Waals surface area contributed by atoms with E-state index in [1.807, 2.05) is 6.07 Å². The van der Waals surface area contributed by atoms with Gasteiger partial charge in [0, 0.05) is 0 Å². The summed E-state index contributed by atoms with van der Waals surface area (Å²) in [5.74, 6) is 0. The van der Waals surface area contributed by atoms with Gasteiger partial charge in [-0.15, -0.1) is 0 Å². The van der Waals surface area contributed by atoms with Crippen LogP contribution < -0.4 is 0 Å². The maximum absolute atomic E-state index is 9.13. The zero-order valence-electron chi connectivity index (χ0n) is 6.28. The fourth-order valence-corrected chi connectivity index (χ4v) is 0.868. The lowest BCUT2D eigenvalue weighted by Gasteiger charge is -2.02. The summed E-state index contributed by atoms with van der Waals surface area (Å²) in [5.41, 5.74) is 1.37. The highest BCUT2D eigenvalue weighted by molar-refractivity contribution is 5.33. The van der Waals surface area contributed by atoms with Crippen molar-refractivity contribution in [3.05, 3.63) is 35.4 Å². The number of nitriles is 1. The quantitative estimate of drug-likeness (QED) is 0.655. The van der Waals surface area contributed by atoms with E-state index in [9.17, 15) is 0 Å². The van der Waals surface area contributed by atoms with E-state index < -0.39 is 6.10 Å². The van der Waals surface area contributed by atoms with E-state index in [2.05, 4.69) is 0 Å². The monoisotopic (exact) mass is 147 g/mol. The van der Waals surface area contributed by atoms with Gasteiger partial charge >= 0.3 is 0 Å². The second-order valence-electron chi connectivity index (χ2n) is 2.41. The third-order valence-corrected chi connectivity index (χ3v) is 1.50. The Hall–Kier alpha value is -1.33. The van der Waals surface area contributed by atoms with Crippen LogP contribution in [0.5, 0.6) is 0 Å². The molecular weight excluding hydrogens is 138 g/mol. The average Bonchev–Trinajstić information content (AvgIpc) is 2.05. The highest BCUT2D eigenvalue weighted by Crippen LogP contribution is 2.12. The van der Waals surface area contributed by atoms with Gasteiger partial charge in [0.25, 0.3) is 0 Å². The molecule has 0 saturated heterocycles. The summed E-state index contributed by atoms with van der Waals surface area (Å²) in [5, 5.41) is 17.6. The van der Waals surface area contributed by atoms with E-state index in [4.69, 9.17) is 10.4 Å². The molecule has 0 bridgehead atoms. The van der Waals surface area contributed by atoms with E-state index in [-0.39, 0.29) is 0 Å². The maximum atomic E-state index is 9.13. The molecule has 0 fully saturated rings. The number of rotatable bonds is 1. The molecule has 1 rings (SSSR count). The van der Waals surface area contributed by atoms with Gasteiger partial charge in [-0.2, -0.15) is 5.26 Å². The average molecular weight is 147 g/mol. The van der Waals surface area contributed by atoms with Crippen molar-refractivity contribution in [1.82, 2.24) is 0 Å². The standard InChI is InChI=1S/C9H9NO/c1-7(11)9-4-2-3-8(5-9)6-10/h2-5,7,11H,1H3/t7-/m0/s1. The van der Waals surface area contributed by atoms with E-state index in [1.54, 1.807) is 31.2 Å². The van der Waals surface area contributed by atoms with E-state index in [0.717, 1.165) is 5.56 Å². The lowest BCUT2D eigenvalue weighted by molar-refractivity contribution is 0.199. The molecular formula is C9H9NO. The second kappa shape index (κ2) is 3.18. The minimum absolute atomic E-state index is 0.497. The number of hydrogen-bond acceptors (Lipinski definition) is 2. The van der Waals surface area contributed by atoms with Gasteiger partial charge in [0.15, 0.2) is 0 Å². The van der Waals surface area contributed by atoms with Crippen LogP contribution in [0.15, 0.2) is 24.3 Å². The van der Waals surface area contributed by atoms with Gasteiger partial charge in [-0.25, -0.2) is 0 Å². The van der Waals surface area contributed by atoms with E-state index >= 15 is 0 Å². The van der Waals surface area contributed by atoms with Crippen molar-refractivity contribution in [2.24, 2.45) is 0 Å². The van der Waals surface area contributed by atoms with Gasteiger partial charge in [0.1, 0.15) is 0 Å². The normalized spacial score (nSPS) is 12.1. The molecule has 11 heavy (non-hydrogen) atoms. The van der Waals surface area contributed by atoms with Crippen LogP contribution in [0, 0.1) is 11.3 Å². The van der Waals surface area contributed by atoms with Crippen LogP contribution in [-0.2, 0) is 0 Å². The van der Waals surface area contributed by atoms with Gasteiger partial charge in [-0.3, -0.25) is 0 Å². The predicted octanol–water partition coefficient (Wildman–Crippen LogP) is 1.61. The molecule has 2 nitrogen and oxygen atoms in total. The Kier molecular flexibility index (Phi) is 2.25. The molecule has 0 heterocycles. The van der Waals surface area contributed by atoms with Crippen LogP contribution in [-0.4, -0.2) is 5.11 Å². The number of aliphatic hydroxyl groups is 1. The number of aliphatic hydroxyl groups excluding tert-OH is 1. The summed E-state index contributed by atoms with van der Waals surface area (Å²) in [6.07, 6.45) is -0.497. The Bertz CT molecular complexity index is 286. The summed E-state index contributed by atoms with van der Waals surface area (Å²) in [6, 6.07) is 8.97. The minimum atomic E-state index is -0.497. The van der Waals surface area contributed by atoms with Crippen LogP contribution >= 0.6 is 0 Å². The van der Waals surface area contributed by atoms with Gasteiger partial charge in [-0.05, 0) is 24.6 Å². The molecule has 0 saturated carbocycles. The van der Waals surface area contributed by atoms with E-state index in [1.165, 1.54) is 0 Å². The summed E-state index contributed by atoms with van der Waals surface area (Å²) in [7, 11) is 0. The molecule has 56 valence electrons. The van der Waals surface area contributed by atoms with Gasteiger partial charge in [0.2, 0.25) is 0 Å². The lowest BCUT2D eigenvalue weighted by atomic mass is 10.1. The van der Waals surface area contributed by atoms with Crippen molar-refractivity contribution < 1.29 is 5.11 Å². The molecule has 1 aromatic carbocycles. The summed E-state index contributed by atoms with van der Waals surface area (Å²) >= 11 is 0. The largest absolute Gasteiger partial charge is 0.389 e. The topological polar surface area (TPSA) is 44.0 Å². The maximum Gasteiger partial charge on any atom is 0.0991 e. The summed E-state index contributed by atoms with van der Waals surface area (Å²) < 4.78 is 0. The smallest absolute Gasteiger partial charge is 0.0991 e. The van der Waals surface area contributed by atoms with Crippen molar-refractivity contribution in [2.45, 2.75) is 13.0 Å². The van der Waals surface area contributed by atoms with Gasteiger partial charge in [-0.1, -0.05) is 12.1 Å². The molecule has 0 aliphatic carbocycles. The molecule has 0 unspecified atom stereocenters. The van der Waals surface area contributed by atoms with Crippen LogP contribution in [0.1, 0.15) is 24.2 Å². The van der Waals surface area contributed by atoms with Crippen LogP contribution in [0.25, 0.3) is 0 Å². The second-order valence-corrected chi connectivity index (χ2v) is 2.41. The Morgan fingerprint density at radius 2 is 2.27 bits per heavy atom. The SMILES string of the molecule is C[C@H](O)c1cccc(C#N)c1. The molecule has 0 aliphatic heterocycles. The highest BCUT2D eigenvalue weighted by Gasteiger charge is 1.99. The molecule has 1 atom stereocenters. The molecule has 0 aliphatic rings. The number of hydrogen-bond donors (Lipinski definition) is 1.